The van der Waals surface area contributed by atoms with Crippen LogP contribution < -0.4 is 10.2 Å². The second-order valence-electron chi connectivity index (χ2n) is 5.29. The third kappa shape index (κ3) is 2.15. The maximum absolute atomic E-state index is 12.3. The van der Waals surface area contributed by atoms with Gasteiger partial charge in [0, 0.05) is 18.3 Å². The quantitative estimate of drug-likeness (QED) is 0.823. The third-order valence-corrected chi connectivity index (χ3v) is 4.05. The summed E-state index contributed by atoms with van der Waals surface area (Å²) in [5.41, 5.74) is 2.37. The lowest BCUT2D eigenvalue weighted by Gasteiger charge is -2.34. The number of nitrogens with zero attached hydrogens (tertiary/aromatic N) is 1. The van der Waals surface area contributed by atoms with Crippen LogP contribution in [0.5, 0.6) is 0 Å². The highest BCUT2D eigenvalue weighted by Gasteiger charge is 2.29. The first-order chi connectivity index (χ1) is 8.86. The van der Waals surface area contributed by atoms with Gasteiger partial charge >= 0.3 is 0 Å². The second kappa shape index (κ2) is 5.11. The molecule has 3 nitrogen and oxygen atoms in total. The number of nitrogens with one attached hydrogen (secondary N) is 1. The Morgan fingerprint density at radius 1 is 1.06 bits per heavy atom. The van der Waals surface area contributed by atoms with Crippen molar-refractivity contribution >= 4 is 11.6 Å². The van der Waals surface area contributed by atoms with Crippen molar-refractivity contribution in [2.45, 2.75) is 44.7 Å². The van der Waals surface area contributed by atoms with E-state index in [2.05, 4.69) is 28.4 Å². The Morgan fingerprint density at radius 3 is 2.67 bits per heavy atom. The number of hydrogen-bond donors (Lipinski definition) is 1. The van der Waals surface area contributed by atoms with Gasteiger partial charge < -0.3 is 10.2 Å². The molecule has 18 heavy (non-hydrogen) atoms. The Balaban J connectivity index is 1.96. The van der Waals surface area contributed by atoms with Crippen LogP contribution in [0.25, 0.3) is 0 Å². The average Bonchev–Trinajstić information content (AvgIpc) is 2.58. The first kappa shape index (κ1) is 11.7. The Bertz CT molecular complexity index is 438. The van der Waals surface area contributed by atoms with Gasteiger partial charge in [-0.05, 0) is 24.5 Å². The molecule has 0 saturated heterocycles. The molecule has 0 bridgehead atoms. The van der Waals surface area contributed by atoms with Crippen LogP contribution in [0.2, 0.25) is 0 Å². The van der Waals surface area contributed by atoms with Gasteiger partial charge in [-0.3, -0.25) is 4.79 Å². The number of benzene rings is 1. The summed E-state index contributed by atoms with van der Waals surface area (Å²) in [5.74, 6) is 0.229. The van der Waals surface area contributed by atoms with E-state index in [0.29, 0.717) is 12.6 Å². The topological polar surface area (TPSA) is 32.3 Å². The average molecular weight is 244 g/mol. The molecule has 0 unspecified atom stereocenters. The number of anilines is 1. The van der Waals surface area contributed by atoms with Crippen molar-refractivity contribution in [2.24, 2.45) is 0 Å². The Kier molecular flexibility index (Phi) is 3.33. The van der Waals surface area contributed by atoms with E-state index in [1.54, 1.807) is 0 Å². The van der Waals surface area contributed by atoms with E-state index >= 15 is 0 Å². The molecule has 1 aliphatic heterocycles. The van der Waals surface area contributed by atoms with Crippen LogP contribution in [0.15, 0.2) is 24.3 Å². The maximum Gasteiger partial charge on any atom is 0.241 e. The van der Waals surface area contributed by atoms with Gasteiger partial charge in [0.1, 0.15) is 0 Å². The number of amides is 1. The van der Waals surface area contributed by atoms with Crippen LogP contribution in [0.1, 0.15) is 37.7 Å². The van der Waals surface area contributed by atoms with E-state index < -0.39 is 0 Å². The zero-order chi connectivity index (χ0) is 12.4. The van der Waals surface area contributed by atoms with Crippen LogP contribution in [0, 0.1) is 0 Å². The van der Waals surface area contributed by atoms with Crippen molar-refractivity contribution in [1.29, 1.82) is 0 Å². The van der Waals surface area contributed by atoms with Gasteiger partial charge in [-0.2, -0.15) is 0 Å². The molecular formula is C15H20N2O. The van der Waals surface area contributed by atoms with Crippen molar-refractivity contribution in [1.82, 2.24) is 5.32 Å². The van der Waals surface area contributed by atoms with E-state index in [1.165, 1.54) is 24.8 Å². The van der Waals surface area contributed by atoms with Gasteiger partial charge in [-0.15, -0.1) is 0 Å². The second-order valence-corrected chi connectivity index (χ2v) is 5.29. The number of rotatable bonds is 1. The third-order valence-electron chi connectivity index (χ3n) is 4.05. The van der Waals surface area contributed by atoms with Crippen molar-refractivity contribution in [3.05, 3.63) is 29.8 Å². The van der Waals surface area contributed by atoms with Crippen molar-refractivity contribution < 1.29 is 4.79 Å². The molecule has 3 heteroatoms. The summed E-state index contributed by atoms with van der Waals surface area (Å²) < 4.78 is 0. The molecule has 1 aromatic carbocycles. The summed E-state index contributed by atoms with van der Waals surface area (Å²) in [7, 11) is 0. The summed E-state index contributed by atoms with van der Waals surface area (Å²) in [6.07, 6.45) is 6.13. The molecular weight excluding hydrogens is 224 g/mol. The predicted octanol–water partition coefficient (Wildman–Crippen LogP) is 2.46. The zero-order valence-electron chi connectivity index (χ0n) is 10.7. The van der Waals surface area contributed by atoms with Gasteiger partial charge in [0.15, 0.2) is 0 Å². The minimum Gasteiger partial charge on any atom is -0.308 e. The summed E-state index contributed by atoms with van der Waals surface area (Å²) >= 11 is 0. The molecule has 0 aromatic heterocycles. The van der Waals surface area contributed by atoms with Gasteiger partial charge in [0.25, 0.3) is 0 Å². The van der Waals surface area contributed by atoms with Crippen LogP contribution in [-0.2, 0) is 11.3 Å². The molecule has 1 N–H and O–H groups in total. The van der Waals surface area contributed by atoms with E-state index in [0.717, 1.165) is 25.1 Å². The van der Waals surface area contributed by atoms with E-state index in [1.807, 2.05) is 6.07 Å². The lowest BCUT2D eigenvalue weighted by Crippen LogP contribution is -2.44. The standard InChI is InChI=1S/C15H20N2O/c18-15-11-16-10-12-6-4-5-9-14(12)17(15)13-7-2-1-3-8-13/h4-6,9,13,16H,1-3,7-8,10-11H2. The molecule has 1 amide bonds. The molecule has 96 valence electrons. The monoisotopic (exact) mass is 244 g/mol. The summed E-state index contributed by atoms with van der Waals surface area (Å²) in [4.78, 5) is 14.4. The summed E-state index contributed by atoms with van der Waals surface area (Å²) in [5, 5.41) is 3.23. The Morgan fingerprint density at radius 2 is 1.83 bits per heavy atom. The Hall–Kier alpha value is -1.35. The lowest BCUT2D eigenvalue weighted by atomic mass is 9.93. The van der Waals surface area contributed by atoms with Crippen molar-refractivity contribution in [3.63, 3.8) is 0 Å². The number of hydrogen-bond acceptors (Lipinski definition) is 2. The maximum atomic E-state index is 12.3. The highest BCUT2D eigenvalue weighted by Crippen LogP contribution is 2.30. The van der Waals surface area contributed by atoms with E-state index in [4.69, 9.17) is 0 Å². The molecule has 1 fully saturated rings. The highest BCUT2D eigenvalue weighted by atomic mass is 16.2. The lowest BCUT2D eigenvalue weighted by molar-refractivity contribution is -0.118. The summed E-state index contributed by atoms with van der Waals surface area (Å²) in [6, 6.07) is 8.71. The van der Waals surface area contributed by atoms with Gasteiger partial charge in [0.2, 0.25) is 5.91 Å². The smallest absolute Gasteiger partial charge is 0.241 e. The minimum absolute atomic E-state index is 0.229. The van der Waals surface area contributed by atoms with Gasteiger partial charge in [-0.25, -0.2) is 0 Å². The number of carbonyl (C=O) groups excluding carboxylic acids is 1. The molecule has 0 atom stereocenters. The number of para-hydroxylation sites is 1. The fraction of sp³-hybridized carbons (Fsp3) is 0.533. The van der Waals surface area contributed by atoms with Gasteiger partial charge in [0.05, 0.1) is 6.54 Å². The molecule has 1 aliphatic carbocycles. The zero-order valence-corrected chi connectivity index (χ0v) is 10.7. The molecule has 2 aliphatic rings. The number of fused-ring (bicyclic) bond motifs is 1. The van der Waals surface area contributed by atoms with Crippen LogP contribution in [-0.4, -0.2) is 18.5 Å². The fourth-order valence-corrected chi connectivity index (χ4v) is 3.16. The Labute approximate surface area is 108 Å². The molecule has 1 saturated carbocycles. The fourth-order valence-electron chi connectivity index (χ4n) is 3.16. The normalized spacial score (nSPS) is 21.6. The molecule has 0 radical (unpaired) electrons. The first-order valence-electron chi connectivity index (χ1n) is 6.97. The molecule has 0 spiro atoms. The van der Waals surface area contributed by atoms with Crippen LogP contribution in [0.3, 0.4) is 0 Å². The van der Waals surface area contributed by atoms with E-state index in [9.17, 15) is 4.79 Å². The highest BCUT2D eigenvalue weighted by molar-refractivity contribution is 5.96. The molecule has 1 heterocycles. The minimum atomic E-state index is 0.229. The summed E-state index contributed by atoms with van der Waals surface area (Å²) in [6.45, 7) is 1.26. The van der Waals surface area contributed by atoms with Crippen LogP contribution in [0.4, 0.5) is 5.69 Å². The molecule has 3 rings (SSSR count). The molecule has 1 aromatic rings. The number of carbonyl (C=O) groups is 1. The van der Waals surface area contributed by atoms with E-state index in [-0.39, 0.29) is 5.91 Å². The first-order valence-corrected chi connectivity index (χ1v) is 6.97. The van der Waals surface area contributed by atoms with Gasteiger partial charge in [-0.1, -0.05) is 37.5 Å². The predicted molar refractivity (Wildman–Crippen MR) is 72.5 cm³/mol. The van der Waals surface area contributed by atoms with Crippen molar-refractivity contribution in [3.8, 4) is 0 Å². The largest absolute Gasteiger partial charge is 0.308 e. The van der Waals surface area contributed by atoms with Crippen LogP contribution >= 0.6 is 0 Å². The SMILES string of the molecule is O=C1CNCc2ccccc2N1C1CCCCC1. The van der Waals surface area contributed by atoms with Crippen molar-refractivity contribution in [2.75, 3.05) is 11.4 Å².